The van der Waals surface area contributed by atoms with E-state index in [2.05, 4.69) is 224 Å². The van der Waals surface area contributed by atoms with Crippen LogP contribution in [0.25, 0.3) is 98.1 Å². The van der Waals surface area contributed by atoms with Crippen molar-refractivity contribution in [1.82, 2.24) is 9.13 Å². The fraction of sp³-hybridized carbons (Fsp3) is 0.0645. The van der Waals surface area contributed by atoms with E-state index in [0.29, 0.717) is 0 Å². The van der Waals surface area contributed by atoms with Crippen molar-refractivity contribution in [3.63, 3.8) is 0 Å². The van der Waals surface area contributed by atoms with E-state index in [1.807, 2.05) is 0 Å². The third kappa shape index (κ3) is 4.68. The van der Waals surface area contributed by atoms with Crippen molar-refractivity contribution < 1.29 is 0 Å². The Kier molecular flexibility index (Phi) is 7.04. The highest BCUT2D eigenvalue weighted by Crippen LogP contribution is 2.48. The Morgan fingerprint density at radius 1 is 0.348 bits per heavy atom. The molecule has 0 amide bonds. The smallest absolute Gasteiger partial charge is 0.252 e. The van der Waals surface area contributed by atoms with Crippen LogP contribution < -0.4 is 21.3 Å². The molecule has 0 N–H and O–H groups in total. The van der Waals surface area contributed by atoms with Crippen LogP contribution in [0.4, 0.5) is 17.1 Å². The maximum absolute atomic E-state index is 2.66. The van der Waals surface area contributed by atoms with Crippen LogP contribution in [0.1, 0.15) is 22.3 Å². The highest BCUT2D eigenvalue weighted by Gasteiger charge is 2.43. The molecule has 2 aliphatic rings. The fourth-order valence-corrected chi connectivity index (χ4v) is 12.5. The molecular weight excluding hydrogens is 798 g/mol. The van der Waals surface area contributed by atoms with Gasteiger partial charge < -0.3 is 14.0 Å². The highest BCUT2D eigenvalue weighted by molar-refractivity contribution is 7.00. The molecule has 0 atom stereocenters. The predicted molar refractivity (Wildman–Crippen MR) is 283 cm³/mol. The van der Waals surface area contributed by atoms with E-state index in [1.165, 1.54) is 137 Å². The van der Waals surface area contributed by atoms with Crippen LogP contribution in [0.15, 0.2) is 182 Å². The van der Waals surface area contributed by atoms with E-state index in [9.17, 15) is 0 Å². The zero-order chi connectivity index (χ0) is 43.7. The number of nitrogens with zero attached hydrogens (tertiary/aromatic N) is 3. The molecule has 0 saturated heterocycles. The summed E-state index contributed by atoms with van der Waals surface area (Å²) in [6.07, 6.45) is 0. The Balaban J connectivity index is 1.21. The Labute approximate surface area is 382 Å². The van der Waals surface area contributed by atoms with E-state index >= 15 is 0 Å². The molecule has 0 bridgehead atoms. The van der Waals surface area contributed by atoms with Crippen molar-refractivity contribution in [2.75, 3.05) is 4.90 Å². The van der Waals surface area contributed by atoms with E-state index in [0.717, 1.165) is 17.1 Å². The topological polar surface area (TPSA) is 13.1 Å². The molecule has 308 valence electrons. The average Bonchev–Trinajstić information content (AvgIpc) is 3.87. The summed E-state index contributed by atoms with van der Waals surface area (Å²) < 4.78 is 5.31. The van der Waals surface area contributed by atoms with Gasteiger partial charge in [-0.05, 0) is 136 Å². The van der Waals surface area contributed by atoms with Crippen molar-refractivity contribution in [3.05, 3.63) is 204 Å². The fourth-order valence-electron chi connectivity index (χ4n) is 12.5. The third-order valence-electron chi connectivity index (χ3n) is 15.1. The van der Waals surface area contributed by atoms with Crippen LogP contribution in [-0.2, 0) is 0 Å². The van der Waals surface area contributed by atoms with Crippen molar-refractivity contribution in [2.45, 2.75) is 27.7 Å². The number of aryl methyl sites for hydroxylation is 4. The van der Waals surface area contributed by atoms with Crippen molar-refractivity contribution >= 4 is 127 Å². The quantitative estimate of drug-likeness (QED) is 0.162. The number of rotatable bonds is 3. The molecule has 2 aliphatic heterocycles. The summed E-state index contributed by atoms with van der Waals surface area (Å²) in [5, 5.41) is 15.7. The number of hydrogen-bond donors (Lipinski definition) is 0. The lowest BCUT2D eigenvalue weighted by molar-refractivity contribution is 1.13. The van der Waals surface area contributed by atoms with Gasteiger partial charge >= 0.3 is 0 Å². The molecular formula is C62H42BN3. The van der Waals surface area contributed by atoms with Gasteiger partial charge in [-0.3, -0.25) is 0 Å². The second-order valence-corrected chi connectivity index (χ2v) is 19.2. The Morgan fingerprint density at radius 2 is 0.742 bits per heavy atom. The zero-order valence-corrected chi connectivity index (χ0v) is 37.2. The van der Waals surface area contributed by atoms with Crippen LogP contribution >= 0.6 is 0 Å². The molecule has 0 spiro atoms. The van der Waals surface area contributed by atoms with Gasteiger partial charge in [0, 0.05) is 44.3 Å². The average molecular weight is 840 g/mol. The molecule has 0 fully saturated rings. The van der Waals surface area contributed by atoms with E-state index in [-0.39, 0.29) is 6.71 Å². The number of hydrogen-bond acceptors (Lipinski definition) is 1. The molecule has 13 aromatic rings. The molecule has 2 aromatic heterocycles. The lowest BCUT2D eigenvalue weighted by Gasteiger charge is -2.36. The molecule has 4 heteroatoms. The molecule has 15 rings (SSSR count). The minimum absolute atomic E-state index is 0.0265. The standard InChI is InChI=1S/C62H42BN3/c1-35-15-21-46-39(27-35)19-25-52-56(46)58-48-23-17-37(3)29-41(48)31-50-61(58)65(52)54-33-45(64(43-11-7-5-8-12-43)44-13-9-6-10-14-44)34-55-60(54)63(50)51-32-42-30-38(4)18-24-49(42)59-57-47-22-16-36(2)28-40(47)20-26-53(57)66(55)62(51)59/h5-34H,1-4H3. The summed E-state index contributed by atoms with van der Waals surface area (Å²) in [4.78, 5) is 2.45. The lowest BCUT2D eigenvalue weighted by Crippen LogP contribution is -2.59. The van der Waals surface area contributed by atoms with Crippen LogP contribution in [0.5, 0.6) is 0 Å². The first-order valence-corrected chi connectivity index (χ1v) is 23.3. The lowest BCUT2D eigenvalue weighted by atomic mass is 9.34. The van der Waals surface area contributed by atoms with Crippen LogP contribution in [-0.4, -0.2) is 15.8 Å². The second kappa shape index (κ2) is 12.8. The van der Waals surface area contributed by atoms with Gasteiger partial charge in [0.2, 0.25) is 0 Å². The van der Waals surface area contributed by atoms with Crippen molar-refractivity contribution in [2.24, 2.45) is 0 Å². The number of anilines is 3. The number of para-hydroxylation sites is 2. The minimum atomic E-state index is -0.0265. The molecule has 0 unspecified atom stereocenters. The normalized spacial score (nSPS) is 12.8. The van der Waals surface area contributed by atoms with Crippen molar-refractivity contribution in [3.8, 4) is 11.4 Å². The molecule has 66 heavy (non-hydrogen) atoms. The summed E-state index contributed by atoms with van der Waals surface area (Å²) in [7, 11) is 0. The highest BCUT2D eigenvalue weighted by atomic mass is 15.2. The van der Waals surface area contributed by atoms with Gasteiger partial charge in [0.1, 0.15) is 0 Å². The van der Waals surface area contributed by atoms with Gasteiger partial charge in [-0.25, -0.2) is 0 Å². The van der Waals surface area contributed by atoms with Crippen LogP contribution in [0.2, 0.25) is 0 Å². The van der Waals surface area contributed by atoms with E-state index in [1.54, 1.807) is 0 Å². The van der Waals surface area contributed by atoms with E-state index in [4.69, 9.17) is 0 Å². The first-order chi connectivity index (χ1) is 32.4. The first kappa shape index (κ1) is 36.3. The summed E-state index contributed by atoms with van der Waals surface area (Å²) in [5.41, 5.74) is 20.1. The molecule has 3 nitrogen and oxygen atoms in total. The predicted octanol–water partition coefficient (Wildman–Crippen LogP) is 14.3. The van der Waals surface area contributed by atoms with E-state index < -0.39 is 0 Å². The zero-order valence-electron chi connectivity index (χ0n) is 37.2. The van der Waals surface area contributed by atoms with Gasteiger partial charge in [-0.2, -0.15) is 0 Å². The molecule has 11 aromatic carbocycles. The number of benzene rings is 11. The largest absolute Gasteiger partial charge is 0.310 e. The Bertz CT molecular complexity index is 4050. The summed E-state index contributed by atoms with van der Waals surface area (Å²) in [6.45, 7) is 8.85. The number of fused-ring (bicyclic) bond motifs is 18. The molecule has 0 radical (unpaired) electrons. The maximum Gasteiger partial charge on any atom is 0.252 e. The van der Waals surface area contributed by atoms with Gasteiger partial charge in [0.25, 0.3) is 6.71 Å². The second-order valence-electron chi connectivity index (χ2n) is 19.2. The van der Waals surface area contributed by atoms with Gasteiger partial charge in [-0.15, -0.1) is 0 Å². The summed E-state index contributed by atoms with van der Waals surface area (Å²) >= 11 is 0. The van der Waals surface area contributed by atoms with Gasteiger partial charge in [0.05, 0.1) is 27.8 Å². The molecule has 4 heterocycles. The third-order valence-corrected chi connectivity index (χ3v) is 15.1. The van der Waals surface area contributed by atoms with Gasteiger partial charge in [-0.1, -0.05) is 156 Å². The minimum Gasteiger partial charge on any atom is -0.310 e. The monoisotopic (exact) mass is 839 g/mol. The van der Waals surface area contributed by atoms with Gasteiger partial charge in [0.15, 0.2) is 0 Å². The molecule has 0 aliphatic carbocycles. The summed E-state index contributed by atoms with van der Waals surface area (Å²) in [5.74, 6) is 0. The Morgan fingerprint density at radius 3 is 1.17 bits per heavy atom. The number of aromatic nitrogens is 2. The Hall–Kier alpha value is -8.08. The summed E-state index contributed by atoms with van der Waals surface area (Å²) in [6, 6.07) is 69.6. The first-order valence-electron chi connectivity index (χ1n) is 23.3. The van der Waals surface area contributed by atoms with Crippen LogP contribution in [0.3, 0.4) is 0 Å². The molecule has 0 saturated carbocycles. The van der Waals surface area contributed by atoms with Crippen LogP contribution in [0, 0.1) is 27.7 Å². The maximum atomic E-state index is 2.66. The SMILES string of the molecule is Cc1ccc2c(ccc3c2c2c4ccc(C)cc4cc4c2n3-c2cc(N(c3ccccc3)c3ccccc3)cc3c2B4c2cc4cc(C)ccc4c4c5c6ccc(C)cc6ccc5n-3c24)c1. The van der Waals surface area contributed by atoms with Crippen molar-refractivity contribution in [1.29, 1.82) is 0 Å².